The number of nitrogens with one attached hydrogen (secondary N) is 1. The van der Waals surface area contributed by atoms with E-state index in [1.165, 1.54) is 21.9 Å². The van der Waals surface area contributed by atoms with Crippen molar-refractivity contribution in [3.05, 3.63) is 57.5 Å². The Morgan fingerprint density at radius 3 is 2.57 bits per heavy atom. The van der Waals surface area contributed by atoms with Crippen molar-refractivity contribution in [2.75, 3.05) is 6.54 Å². The second-order valence-electron chi connectivity index (χ2n) is 6.04. The Hall–Kier alpha value is -1.72. The lowest BCUT2D eigenvalue weighted by molar-refractivity contribution is -0.131. The van der Waals surface area contributed by atoms with Gasteiger partial charge in [0.1, 0.15) is 5.82 Å². The molecule has 1 saturated carbocycles. The Bertz CT molecular complexity index is 664. The Morgan fingerprint density at radius 1 is 1.22 bits per heavy atom. The minimum atomic E-state index is -0.254. The van der Waals surface area contributed by atoms with Crippen molar-refractivity contribution in [2.45, 2.75) is 38.9 Å². The molecule has 0 aliphatic heterocycles. The average Bonchev–Trinajstić information content (AvgIpc) is 3.28. The predicted molar refractivity (Wildman–Crippen MR) is 90.7 cm³/mol. The fourth-order valence-corrected chi connectivity index (χ4v) is 3.34. The van der Waals surface area contributed by atoms with Crippen molar-refractivity contribution in [1.29, 1.82) is 0 Å². The number of rotatable bonds is 7. The zero-order valence-electron chi connectivity index (χ0n) is 13.2. The van der Waals surface area contributed by atoms with Crippen molar-refractivity contribution in [3.63, 3.8) is 0 Å². The fraction of sp³-hybridized carbons (Fsp3) is 0.389. The highest BCUT2D eigenvalue weighted by Crippen LogP contribution is 2.20. The van der Waals surface area contributed by atoms with Gasteiger partial charge in [-0.3, -0.25) is 4.79 Å². The maximum atomic E-state index is 13.1. The number of nitrogens with zero attached hydrogens (tertiary/aromatic N) is 1. The molecule has 1 aromatic carbocycles. The molecular formula is C18H21FN2OS. The van der Waals surface area contributed by atoms with E-state index in [0.29, 0.717) is 25.7 Å². The maximum absolute atomic E-state index is 13.1. The first kappa shape index (κ1) is 16.1. The van der Waals surface area contributed by atoms with Gasteiger partial charge >= 0.3 is 0 Å². The van der Waals surface area contributed by atoms with Gasteiger partial charge in [0.25, 0.3) is 0 Å². The molecule has 1 fully saturated rings. The summed E-state index contributed by atoms with van der Waals surface area (Å²) in [7, 11) is 0. The Balaban J connectivity index is 1.68. The standard InChI is InChI=1S/C18H21FN2OS/c1-13-2-9-17(23-13)12-21(18(22)10-20-16-7-8-16)11-14-3-5-15(19)6-4-14/h2-6,9,16,20H,7-8,10-12H2,1H3. The number of carbonyl (C=O) groups is 1. The molecule has 1 aromatic heterocycles. The van der Waals surface area contributed by atoms with Gasteiger partial charge in [-0.25, -0.2) is 4.39 Å². The van der Waals surface area contributed by atoms with Crippen LogP contribution in [-0.2, 0) is 17.9 Å². The summed E-state index contributed by atoms with van der Waals surface area (Å²) in [4.78, 5) is 16.8. The quantitative estimate of drug-likeness (QED) is 0.842. The minimum absolute atomic E-state index is 0.0901. The smallest absolute Gasteiger partial charge is 0.237 e. The second-order valence-corrected chi connectivity index (χ2v) is 7.42. The van der Waals surface area contributed by atoms with Crippen molar-refractivity contribution >= 4 is 17.2 Å². The number of hydrogen-bond acceptors (Lipinski definition) is 3. The highest BCUT2D eigenvalue weighted by Gasteiger charge is 2.23. The molecule has 2 aromatic rings. The lowest BCUT2D eigenvalue weighted by Gasteiger charge is -2.22. The molecule has 0 bridgehead atoms. The first-order valence-corrected chi connectivity index (χ1v) is 8.73. The second kappa shape index (κ2) is 7.23. The SMILES string of the molecule is Cc1ccc(CN(Cc2ccc(F)cc2)C(=O)CNC2CC2)s1. The van der Waals surface area contributed by atoms with Gasteiger partial charge in [-0.15, -0.1) is 11.3 Å². The van der Waals surface area contributed by atoms with E-state index in [4.69, 9.17) is 0 Å². The van der Waals surface area contributed by atoms with E-state index in [1.54, 1.807) is 23.5 Å². The first-order chi connectivity index (χ1) is 11.1. The number of halogens is 1. The van der Waals surface area contributed by atoms with E-state index < -0.39 is 0 Å². The molecular weight excluding hydrogens is 311 g/mol. The average molecular weight is 332 g/mol. The van der Waals surface area contributed by atoms with Crippen LogP contribution < -0.4 is 5.32 Å². The van der Waals surface area contributed by atoms with Gasteiger partial charge in [0.2, 0.25) is 5.91 Å². The monoisotopic (exact) mass is 332 g/mol. The molecule has 0 atom stereocenters. The molecule has 0 unspecified atom stereocenters. The predicted octanol–water partition coefficient (Wildman–Crippen LogP) is 3.48. The van der Waals surface area contributed by atoms with E-state index in [2.05, 4.69) is 24.4 Å². The minimum Gasteiger partial charge on any atom is -0.332 e. The number of amides is 1. The topological polar surface area (TPSA) is 32.3 Å². The van der Waals surface area contributed by atoms with Crippen molar-refractivity contribution in [2.24, 2.45) is 0 Å². The number of aryl methyl sites for hydroxylation is 1. The highest BCUT2D eigenvalue weighted by molar-refractivity contribution is 7.11. The summed E-state index contributed by atoms with van der Waals surface area (Å²) in [5.41, 5.74) is 0.944. The molecule has 122 valence electrons. The van der Waals surface area contributed by atoms with Crippen LogP contribution in [0.3, 0.4) is 0 Å². The largest absolute Gasteiger partial charge is 0.332 e. The van der Waals surface area contributed by atoms with Gasteiger partial charge in [-0.2, -0.15) is 0 Å². The molecule has 5 heteroatoms. The van der Waals surface area contributed by atoms with Gasteiger partial charge in [-0.05, 0) is 49.6 Å². The van der Waals surface area contributed by atoms with Crippen LogP contribution >= 0.6 is 11.3 Å². The third-order valence-corrected chi connectivity index (χ3v) is 4.89. The summed E-state index contributed by atoms with van der Waals surface area (Å²) in [5.74, 6) is -0.164. The van der Waals surface area contributed by atoms with Gasteiger partial charge in [0.05, 0.1) is 13.1 Å². The van der Waals surface area contributed by atoms with E-state index in [9.17, 15) is 9.18 Å². The summed E-state index contributed by atoms with van der Waals surface area (Å²) in [5, 5.41) is 3.27. The fourth-order valence-electron chi connectivity index (χ4n) is 2.43. The molecule has 1 aliphatic rings. The highest BCUT2D eigenvalue weighted by atomic mass is 32.1. The summed E-state index contributed by atoms with van der Waals surface area (Å²) in [6.07, 6.45) is 2.32. The molecule has 1 amide bonds. The summed E-state index contributed by atoms with van der Waals surface area (Å²) < 4.78 is 13.1. The van der Waals surface area contributed by atoms with Crippen LogP contribution in [0, 0.1) is 12.7 Å². The van der Waals surface area contributed by atoms with Gasteiger partial charge in [0, 0.05) is 22.3 Å². The van der Waals surface area contributed by atoms with E-state index in [0.717, 1.165) is 18.4 Å². The zero-order chi connectivity index (χ0) is 16.2. The van der Waals surface area contributed by atoms with Crippen LogP contribution in [0.2, 0.25) is 0 Å². The van der Waals surface area contributed by atoms with Crippen LogP contribution in [0.1, 0.15) is 28.2 Å². The van der Waals surface area contributed by atoms with E-state index >= 15 is 0 Å². The number of hydrogen-bond donors (Lipinski definition) is 1. The molecule has 23 heavy (non-hydrogen) atoms. The van der Waals surface area contributed by atoms with Crippen LogP contribution in [0.25, 0.3) is 0 Å². The lowest BCUT2D eigenvalue weighted by atomic mass is 10.2. The molecule has 1 N–H and O–H groups in total. The third-order valence-electron chi connectivity index (χ3n) is 3.90. The third kappa shape index (κ3) is 4.88. The molecule has 1 aliphatic carbocycles. The van der Waals surface area contributed by atoms with Crippen molar-refractivity contribution in [1.82, 2.24) is 10.2 Å². The number of benzene rings is 1. The first-order valence-electron chi connectivity index (χ1n) is 7.91. The Labute approximate surface area is 140 Å². The number of carbonyl (C=O) groups excluding carboxylic acids is 1. The molecule has 3 rings (SSSR count). The summed E-state index contributed by atoms with van der Waals surface area (Å²) >= 11 is 1.71. The van der Waals surface area contributed by atoms with E-state index in [-0.39, 0.29) is 11.7 Å². The normalized spacial score (nSPS) is 14.0. The maximum Gasteiger partial charge on any atom is 0.237 e. The number of thiophene rings is 1. The van der Waals surface area contributed by atoms with Gasteiger partial charge < -0.3 is 10.2 Å². The zero-order valence-corrected chi connectivity index (χ0v) is 14.0. The van der Waals surface area contributed by atoms with Crippen LogP contribution in [-0.4, -0.2) is 23.4 Å². The van der Waals surface area contributed by atoms with E-state index in [1.807, 2.05) is 4.90 Å². The van der Waals surface area contributed by atoms with Gasteiger partial charge in [-0.1, -0.05) is 12.1 Å². The lowest BCUT2D eigenvalue weighted by Crippen LogP contribution is -2.38. The van der Waals surface area contributed by atoms with Crippen molar-refractivity contribution < 1.29 is 9.18 Å². The van der Waals surface area contributed by atoms with Gasteiger partial charge in [0.15, 0.2) is 0 Å². The summed E-state index contributed by atoms with van der Waals surface area (Å²) in [6, 6.07) is 11.0. The molecule has 3 nitrogen and oxygen atoms in total. The van der Waals surface area contributed by atoms with Crippen LogP contribution in [0.5, 0.6) is 0 Å². The molecule has 0 radical (unpaired) electrons. The van der Waals surface area contributed by atoms with Crippen LogP contribution in [0.15, 0.2) is 36.4 Å². The molecule has 0 saturated heterocycles. The van der Waals surface area contributed by atoms with Crippen LogP contribution in [0.4, 0.5) is 4.39 Å². The van der Waals surface area contributed by atoms with Crippen molar-refractivity contribution in [3.8, 4) is 0 Å². The summed E-state index contributed by atoms with van der Waals surface area (Å²) in [6.45, 7) is 3.54. The Morgan fingerprint density at radius 2 is 1.96 bits per heavy atom. The molecule has 1 heterocycles. The Kier molecular flexibility index (Phi) is 5.08. The molecule has 0 spiro atoms.